The number of amides is 3. The molecule has 1 aliphatic carbocycles. The third-order valence-corrected chi connectivity index (χ3v) is 4.49. The molecule has 1 saturated carbocycles. The van der Waals surface area contributed by atoms with Crippen LogP contribution in [-0.4, -0.2) is 31.1 Å². The van der Waals surface area contributed by atoms with Crippen LogP contribution in [0.15, 0.2) is 24.3 Å². The predicted molar refractivity (Wildman–Crippen MR) is 86.1 cm³/mol. The monoisotopic (exact) mass is 301 g/mol. The van der Waals surface area contributed by atoms with Gasteiger partial charge in [0.1, 0.15) is 0 Å². The standard InChI is InChI=1S/C17H23N3O2/c21-16(19-14-5-3-1-2-4-6-14)13-7-9-15(10-8-13)20-12-11-18-17(20)22/h7-10,14H,1-6,11-12H2,(H,18,22)(H,19,21). The first kappa shape index (κ1) is 14.9. The van der Waals surface area contributed by atoms with E-state index in [0.29, 0.717) is 24.7 Å². The highest BCUT2D eigenvalue weighted by Crippen LogP contribution is 2.19. The maximum absolute atomic E-state index is 12.3. The molecular weight excluding hydrogens is 278 g/mol. The van der Waals surface area contributed by atoms with Crippen molar-refractivity contribution in [3.05, 3.63) is 29.8 Å². The van der Waals surface area contributed by atoms with Crippen molar-refractivity contribution in [2.45, 2.75) is 44.6 Å². The van der Waals surface area contributed by atoms with Crippen molar-refractivity contribution in [2.24, 2.45) is 0 Å². The van der Waals surface area contributed by atoms with E-state index in [1.165, 1.54) is 25.7 Å². The van der Waals surface area contributed by atoms with Crippen LogP contribution in [0.3, 0.4) is 0 Å². The zero-order valence-electron chi connectivity index (χ0n) is 12.8. The largest absolute Gasteiger partial charge is 0.349 e. The summed E-state index contributed by atoms with van der Waals surface area (Å²) in [4.78, 5) is 25.6. The highest BCUT2D eigenvalue weighted by molar-refractivity contribution is 5.97. The Balaban J connectivity index is 1.61. The number of urea groups is 1. The number of hydrogen-bond acceptors (Lipinski definition) is 2. The smallest absolute Gasteiger partial charge is 0.321 e. The van der Waals surface area contributed by atoms with E-state index in [-0.39, 0.29) is 11.9 Å². The molecule has 1 heterocycles. The van der Waals surface area contributed by atoms with Crippen molar-refractivity contribution in [1.82, 2.24) is 10.6 Å². The first-order valence-corrected chi connectivity index (χ1v) is 8.20. The van der Waals surface area contributed by atoms with E-state index in [2.05, 4.69) is 10.6 Å². The van der Waals surface area contributed by atoms with Crippen LogP contribution in [0.4, 0.5) is 10.5 Å². The fourth-order valence-electron chi connectivity index (χ4n) is 3.20. The van der Waals surface area contributed by atoms with Gasteiger partial charge in [0.05, 0.1) is 0 Å². The molecule has 5 nitrogen and oxygen atoms in total. The van der Waals surface area contributed by atoms with Gasteiger partial charge in [0.2, 0.25) is 0 Å². The van der Waals surface area contributed by atoms with Crippen LogP contribution < -0.4 is 15.5 Å². The van der Waals surface area contributed by atoms with Gasteiger partial charge in [-0.05, 0) is 37.1 Å². The summed E-state index contributed by atoms with van der Waals surface area (Å²) in [5.74, 6) is -0.00989. The van der Waals surface area contributed by atoms with Crippen LogP contribution >= 0.6 is 0 Å². The number of carbonyl (C=O) groups is 2. The van der Waals surface area contributed by atoms with Gasteiger partial charge in [0, 0.05) is 30.4 Å². The van der Waals surface area contributed by atoms with E-state index >= 15 is 0 Å². The lowest BCUT2D eigenvalue weighted by molar-refractivity contribution is 0.0933. The number of hydrogen-bond donors (Lipinski definition) is 2. The average molecular weight is 301 g/mol. The highest BCUT2D eigenvalue weighted by Gasteiger charge is 2.21. The van der Waals surface area contributed by atoms with Crippen molar-refractivity contribution >= 4 is 17.6 Å². The highest BCUT2D eigenvalue weighted by atomic mass is 16.2. The minimum Gasteiger partial charge on any atom is -0.349 e. The summed E-state index contributed by atoms with van der Waals surface area (Å²) in [7, 11) is 0. The molecule has 1 saturated heterocycles. The molecule has 2 fully saturated rings. The molecule has 3 amide bonds. The summed E-state index contributed by atoms with van der Waals surface area (Å²) in [5.41, 5.74) is 1.49. The summed E-state index contributed by atoms with van der Waals surface area (Å²) in [5, 5.41) is 5.91. The Morgan fingerprint density at radius 3 is 2.36 bits per heavy atom. The van der Waals surface area contributed by atoms with Crippen LogP contribution in [0.1, 0.15) is 48.9 Å². The van der Waals surface area contributed by atoms with E-state index in [9.17, 15) is 9.59 Å². The molecule has 3 rings (SSSR count). The average Bonchev–Trinajstić information content (AvgIpc) is 2.80. The first-order chi connectivity index (χ1) is 10.7. The Morgan fingerprint density at radius 1 is 1.09 bits per heavy atom. The Bertz CT molecular complexity index is 533. The third kappa shape index (κ3) is 3.40. The first-order valence-electron chi connectivity index (χ1n) is 8.20. The van der Waals surface area contributed by atoms with Gasteiger partial charge in [-0.25, -0.2) is 4.79 Å². The lowest BCUT2D eigenvalue weighted by atomic mass is 10.1. The van der Waals surface area contributed by atoms with Gasteiger partial charge in [0.15, 0.2) is 0 Å². The van der Waals surface area contributed by atoms with Crippen LogP contribution in [0, 0.1) is 0 Å². The minimum atomic E-state index is -0.0735. The normalized spacial score (nSPS) is 19.6. The van der Waals surface area contributed by atoms with Crippen molar-refractivity contribution < 1.29 is 9.59 Å². The molecule has 2 aliphatic rings. The fraction of sp³-hybridized carbons (Fsp3) is 0.529. The van der Waals surface area contributed by atoms with Crippen molar-refractivity contribution in [1.29, 1.82) is 0 Å². The summed E-state index contributed by atoms with van der Waals surface area (Å²) in [6.45, 7) is 1.34. The van der Waals surface area contributed by atoms with Gasteiger partial charge in [-0.1, -0.05) is 25.7 Å². The SMILES string of the molecule is O=C(NC1CCCCCC1)c1ccc(N2CCNC2=O)cc1. The molecule has 1 aliphatic heterocycles. The van der Waals surface area contributed by atoms with E-state index in [1.807, 2.05) is 12.1 Å². The van der Waals surface area contributed by atoms with Crippen LogP contribution in [0.2, 0.25) is 0 Å². The number of nitrogens with zero attached hydrogens (tertiary/aromatic N) is 1. The number of anilines is 1. The van der Waals surface area contributed by atoms with Gasteiger partial charge in [0.25, 0.3) is 5.91 Å². The second-order valence-electron chi connectivity index (χ2n) is 6.09. The molecule has 0 bridgehead atoms. The maximum atomic E-state index is 12.3. The molecule has 22 heavy (non-hydrogen) atoms. The van der Waals surface area contributed by atoms with Gasteiger partial charge in [-0.2, -0.15) is 0 Å². The van der Waals surface area contributed by atoms with Crippen molar-refractivity contribution in [3.63, 3.8) is 0 Å². The second kappa shape index (κ2) is 6.81. The zero-order valence-corrected chi connectivity index (χ0v) is 12.8. The Hall–Kier alpha value is -2.04. The van der Waals surface area contributed by atoms with E-state index in [1.54, 1.807) is 17.0 Å². The molecule has 0 radical (unpaired) electrons. The lowest BCUT2D eigenvalue weighted by Gasteiger charge is -2.17. The molecule has 0 unspecified atom stereocenters. The molecular formula is C17H23N3O2. The van der Waals surface area contributed by atoms with Crippen molar-refractivity contribution in [2.75, 3.05) is 18.0 Å². The Kier molecular flexibility index (Phi) is 4.61. The molecule has 118 valence electrons. The number of rotatable bonds is 3. The maximum Gasteiger partial charge on any atom is 0.321 e. The van der Waals surface area contributed by atoms with E-state index in [0.717, 1.165) is 18.5 Å². The second-order valence-corrected chi connectivity index (χ2v) is 6.09. The Labute approximate surface area is 131 Å². The Morgan fingerprint density at radius 2 is 1.77 bits per heavy atom. The van der Waals surface area contributed by atoms with Gasteiger partial charge < -0.3 is 10.6 Å². The molecule has 5 heteroatoms. The van der Waals surface area contributed by atoms with Gasteiger partial charge in [-0.3, -0.25) is 9.69 Å². The molecule has 2 N–H and O–H groups in total. The summed E-state index contributed by atoms with van der Waals surface area (Å²) in [6, 6.07) is 7.51. The van der Waals surface area contributed by atoms with Crippen LogP contribution in [0.5, 0.6) is 0 Å². The number of benzene rings is 1. The van der Waals surface area contributed by atoms with Crippen LogP contribution in [0.25, 0.3) is 0 Å². The van der Waals surface area contributed by atoms with Gasteiger partial charge >= 0.3 is 6.03 Å². The van der Waals surface area contributed by atoms with E-state index < -0.39 is 0 Å². The molecule has 0 spiro atoms. The molecule has 0 aromatic heterocycles. The number of nitrogens with one attached hydrogen (secondary N) is 2. The lowest BCUT2D eigenvalue weighted by Crippen LogP contribution is -2.34. The minimum absolute atomic E-state index is 0.00989. The van der Waals surface area contributed by atoms with Crippen molar-refractivity contribution in [3.8, 4) is 0 Å². The molecule has 1 aromatic rings. The van der Waals surface area contributed by atoms with Gasteiger partial charge in [-0.15, -0.1) is 0 Å². The quantitative estimate of drug-likeness (QED) is 0.843. The summed E-state index contributed by atoms with van der Waals surface area (Å²) >= 11 is 0. The topological polar surface area (TPSA) is 61.4 Å². The predicted octanol–water partition coefficient (Wildman–Crippen LogP) is 2.67. The third-order valence-electron chi connectivity index (χ3n) is 4.49. The van der Waals surface area contributed by atoms with E-state index in [4.69, 9.17) is 0 Å². The zero-order chi connectivity index (χ0) is 15.4. The molecule has 0 atom stereocenters. The summed E-state index contributed by atoms with van der Waals surface area (Å²) in [6.07, 6.45) is 7.12. The van der Waals surface area contributed by atoms with Crippen LogP contribution in [-0.2, 0) is 0 Å². The molecule has 1 aromatic carbocycles. The number of carbonyl (C=O) groups excluding carboxylic acids is 2. The fourth-order valence-corrected chi connectivity index (χ4v) is 3.20. The summed E-state index contributed by atoms with van der Waals surface area (Å²) < 4.78 is 0.